The highest BCUT2D eigenvalue weighted by Crippen LogP contribution is 2.42. The Kier molecular flexibility index (Phi) is 5.68. The molecular weight excluding hydrogens is 471 g/mol. The molecule has 0 aliphatic rings. The molecule has 0 aromatic heterocycles. The van der Waals surface area contributed by atoms with Gasteiger partial charge in [0.15, 0.2) is 11.5 Å². The van der Waals surface area contributed by atoms with E-state index < -0.39 is 0 Å². The number of benzene rings is 2. The third-order valence-electron chi connectivity index (χ3n) is 3.01. The molecule has 2 rings (SSSR count). The molecule has 0 spiro atoms. The number of methoxy groups -OCH3 is 2. The second kappa shape index (κ2) is 7.11. The molecule has 0 heterocycles. The zero-order chi connectivity index (χ0) is 15.6. The highest BCUT2D eigenvalue weighted by atomic mass is 79.9. The Morgan fingerprint density at radius 1 is 0.952 bits per heavy atom. The smallest absolute Gasteiger partial charge is 0.161 e. The van der Waals surface area contributed by atoms with Gasteiger partial charge in [-0.3, -0.25) is 0 Å². The zero-order valence-corrected chi connectivity index (χ0v) is 16.1. The fourth-order valence-corrected chi connectivity index (χ4v) is 3.91. The number of rotatable bonds is 4. The van der Waals surface area contributed by atoms with Crippen LogP contribution in [0.3, 0.4) is 0 Å². The topological polar surface area (TPSA) is 18.5 Å². The number of ether oxygens (including phenoxy) is 2. The zero-order valence-electron chi connectivity index (χ0n) is 11.3. The van der Waals surface area contributed by atoms with E-state index in [1.54, 1.807) is 32.4 Å². The molecule has 0 N–H and O–H groups in total. The van der Waals surface area contributed by atoms with Crippen LogP contribution in [0.1, 0.15) is 16.0 Å². The summed E-state index contributed by atoms with van der Waals surface area (Å²) in [7, 11) is 3.14. The summed E-state index contributed by atoms with van der Waals surface area (Å²) in [5.74, 6) is 0.930. The number of alkyl halides is 1. The molecule has 2 aromatic carbocycles. The van der Waals surface area contributed by atoms with Gasteiger partial charge in [0.25, 0.3) is 0 Å². The van der Waals surface area contributed by atoms with Crippen molar-refractivity contribution in [1.82, 2.24) is 0 Å². The van der Waals surface area contributed by atoms with Gasteiger partial charge in [-0.15, -0.1) is 0 Å². The molecule has 0 aliphatic carbocycles. The molecule has 1 unspecified atom stereocenters. The van der Waals surface area contributed by atoms with Crippen molar-refractivity contribution in [2.75, 3.05) is 14.2 Å². The lowest BCUT2D eigenvalue weighted by Gasteiger charge is -2.17. The minimum Gasteiger partial charge on any atom is -0.493 e. The van der Waals surface area contributed by atoms with Gasteiger partial charge in [0.2, 0.25) is 0 Å². The first-order chi connectivity index (χ1) is 9.97. The number of hydrogen-bond acceptors (Lipinski definition) is 2. The standard InChI is InChI=1S/C15H12Br3FO2/c1-20-13-6-9(11(17)7-14(13)21-2)15(18)10-5-8(16)3-4-12(10)19/h3-7,15H,1-2H3. The first-order valence-corrected chi connectivity index (χ1v) is 8.48. The van der Waals surface area contributed by atoms with E-state index in [4.69, 9.17) is 9.47 Å². The van der Waals surface area contributed by atoms with Crippen molar-refractivity contribution in [1.29, 1.82) is 0 Å². The van der Waals surface area contributed by atoms with Crippen LogP contribution in [-0.4, -0.2) is 14.2 Å². The lowest BCUT2D eigenvalue weighted by atomic mass is 10.0. The Morgan fingerprint density at radius 2 is 1.57 bits per heavy atom. The maximum Gasteiger partial charge on any atom is 0.161 e. The normalized spacial score (nSPS) is 12.1. The fraction of sp³-hybridized carbons (Fsp3) is 0.200. The number of halogens is 4. The summed E-state index contributed by atoms with van der Waals surface area (Å²) in [6.07, 6.45) is 0. The summed E-state index contributed by atoms with van der Waals surface area (Å²) in [5, 5.41) is 0. The summed E-state index contributed by atoms with van der Waals surface area (Å²) in [4.78, 5) is -0.316. The average Bonchev–Trinajstić information content (AvgIpc) is 2.48. The van der Waals surface area contributed by atoms with Crippen molar-refractivity contribution in [3.8, 4) is 11.5 Å². The molecule has 0 saturated carbocycles. The highest BCUT2D eigenvalue weighted by molar-refractivity contribution is 9.11. The molecule has 21 heavy (non-hydrogen) atoms. The van der Waals surface area contributed by atoms with Crippen LogP contribution in [0.4, 0.5) is 4.39 Å². The Balaban J connectivity index is 2.52. The molecule has 1 atom stereocenters. The highest BCUT2D eigenvalue weighted by Gasteiger charge is 2.20. The van der Waals surface area contributed by atoms with Gasteiger partial charge in [-0.1, -0.05) is 47.8 Å². The lowest BCUT2D eigenvalue weighted by Crippen LogP contribution is -2.00. The van der Waals surface area contributed by atoms with E-state index in [1.807, 2.05) is 6.07 Å². The van der Waals surface area contributed by atoms with E-state index in [0.29, 0.717) is 17.1 Å². The first-order valence-electron chi connectivity index (χ1n) is 5.98. The second-order valence-corrected chi connectivity index (χ2v) is 6.94. The van der Waals surface area contributed by atoms with Crippen LogP contribution in [0.15, 0.2) is 39.3 Å². The van der Waals surface area contributed by atoms with Crippen LogP contribution in [-0.2, 0) is 0 Å². The first kappa shape index (κ1) is 16.8. The van der Waals surface area contributed by atoms with E-state index >= 15 is 0 Å². The molecule has 0 bridgehead atoms. The molecule has 0 aliphatic heterocycles. The van der Waals surface area contributed by atoms with Crippen molar-refractivity contribution < 1.29 is 13.9 Å². The van der Waals surface area contributed by atoms with Crippen molar-refractivity contribution in [3.05, 3.63) is 56.2 Å². The average molecular weight is 483 g/mol. The van der Waals surface area contributed by atoms with Crippen molar-refractivity contribution in [3.63, 3.8) is 0 Å². The van der Waals surface area contributed by atoms with E-state index in [2.05, 4.69) is 47.8 Å². The van der Waals surface area contributed by atoms with Gasteiger partial charge in [0.05, 0.1) is 19.0 Å². The predicted molar refractivity (Wildman–Crippen MR) is 92.1 cm³/mol. The van der Waals surface area contributed by atoms with Gasteiger partial charge in [0.1, 0.15) is 5.82 Å². The Bertz CT molecular complexity index is 662. The molecule has 2 aromatic rings. The van der Waals surface area contributed by atoms with Crippen LogP contribution >= 0.6 is 47.8 Å². The van der Waals surface area contributed by atoms with E-state index in [0.717, 1.165) is 14.5 Å². The SMILES string of the molecule is COc1cc(Br)c(C(Br)c2cc(Br)ccc2F)cc1OC. The van der Waals surface area contributed by atoms with E-state index in [1.165, 1.54) is 6.07 Å². The maximum absolute atomic E-state index is 14.0. The van der Waals surface area contributed by atoms with Gasteiger partial charge in [-0.2, -0.15) is 0 Å². The lowest BCUT2D eigenvalue weighted by molar-refractivity contribution is 0.354. The van der Waals surface area contributed by atoms with Gasteiger partial charge < -0.3 is 9.47 Å². The molecule has 2 nitrogen and oxygen atoms in total. The number of hydrogen-bond donors (Lipinski definition) is 0. The minimum absolute atomic E-state index is 0.276. The van der Waals surface area contributed by atoms with Crippen LogP contribution < -0.4 is 9.47 Å². The predicted octanol–water partition coefficient (Wildman–Crippen LogP) is 5.85. The maximum atomic E-state index is 14.0. The Hall–Kier alpha value is -0.590. The summed E-state index contributed by atoms with van der Waals surface area (Å²) >= 11 is 10.4. The quantitative estimate of drug-likeness (QED) is 0.509. The Morgan fingerprint density at radius 3 is 2.19 bits per heavy atom. The van der Waals surface area contributed by atoms with Crippen molar-refractivity contribution in [2.45, 2.75) is 4.83 Å². The van der Waals surface area contributed by atoms with E-state index in [9.17, 15) is 4.39 Å². The Labute approximate surface area is 148 Å². The van der Waals surface area contributed by atoms with Crippen LogP contribution in [0.5, 0.6) is 11.5 Å². The van der Waals surface area contributed by atoms with Crippen LogP contribution in [0.25, 0.3) is 0 Å². The molecule has 0 saturated heterocycles. The van der Waals surface area contributed by atoms with Gasteiger partial charge in [-0.25, -0.2) is 4.39 Å². The monoisotopic (exact) mass is 480 g/mol. The van der Waals surface area contributed by atoms with Gasteiger partial charge in [0, 0.05) is 14.5 Å². The summed E-state index contributed by atoms with van der Waals surface area (Å²) in [5.41, 5.74) is 1.39. The molecule has 0 amide bonds. The molecule has 0 fully saturated rings. The molecule has 0 radical (unpaired) electrons. The van der Waals surface area contributed by atoms with Crippen molar-refractivity contribution >= 4 is 47.8 Å². The fourth-order valence-electron chi connectivity index (χ4n) is 1.94. The molecule has 112 valence electrons. The minimum atomic E-state index is -0.316. The molecule has 6 heteroatoms. The van der Waals surface area contributed by atoms with Crippen molar-refractivity contribution in [2.24, 2.45) is 0 Å². The largest absolute Gasteiger partial charge is 0.493 e. The van der Waals surface area contributed by atoms with Crippen LogP contribution in [0.2, 0.25) is 0 Å². The third-order valence-corrected chi connectivity index (χ3v) is 5.17. The van der Waals surface area contributed by atoms with Crippen LogP contribution in [0, 0.1) is 5.82 Å². The van der Waals surface area contributed by atoms with Gasteiger partial charge >= 0.3 is 0 Å². The van der Waals surface area contributed by atoms with Gasteiger partial charge in [-0.05, 0) is 35.9 Å². The third kappa shape index (κ3) is 3.60. The summed E-state index contributed by atoms with van der Waals surface area (Å²) in [6, 6.07) is 8.48. The summed E-state index contributed by atoms with van der Waals surface area (Å²) < 4.78 is 26.2. The second-order valence-electron chi connectivity index (χ2n) is 4.26. The van der Waals surface area contributed by atoms with E-state index in [-0.39, 0.29) is 10.6 Å². The molecular formula is C15H12Br3FO2. The summed E-state index contributed by atoms with van der Waals surface area (Å²) in [6.45, 7) is 0.